The van der Waals surface area contributed by atoms with Crippen LogP contribution in [0.25, 0.3) is 0 Å². The summed E-state index contributed by atoms with van der Waals surface area (Å²) in [7, 11) is 4.17. The van der Waals surface area contributed by atoms with E-state index >= 15 is 0 Å². The van der Waals surface area contributed by atoms with Crippen LogP contribution in [0, 0.1) is 0 Å². The highest BCUT2D eigenvalue weighted by Crippen LogP contribution is 2.10. The topological polar surface area (TPSA) is 130 Å². The zero-order valence-electron chi connectivity index (χ0n) is 17.9. The van der Waals surface area contributed by atoms with Gasteiger partial charge >= 0.3 is 0 Å². The molecular weight excluding hydrogens is 364 g/mol. The van der Waals surface area contributed by atoms with E-state index in [1.807, 2.05) is 0 Å². The Morgan fingerprint density at radius 2 is 1.39 bits per heavy atom. The minimum Gasteiger partial charge on any atom is -0.394 e. The van der Waals surface area contributed by atoms with Crippen LogP contribution in [0.5, 0.6) is 0 Å². The number of carbonyl (C=O) groups is 1. The molecule has 0 heterocycles. The fourth-order valence-corrected chi connectivity index (χ4v) is 3.05. The molecule has 0 radical (unpaired) electrons. The van der Waals surface area contributed by atoms with Crippen molar-refractivity contribution in [1.82, 2.24) is 5.32 Å². The number of quaternary nitrogens is 1. The van der Waals surface area contributed by atoms with E-state index in [0.717, 1.165) is 17.4 Å². The molecule has 6 N–H and O–H groups in total. The zero-order chi connectivity index (χ0) is 21.6. The van der Waals surface area contributed by atoms with E-state index < -0.39 is 36.9 Å². The second-order valence-corrected chi connectivity index (χ2v) is 8.32. The fourth-order valence-electron chi connectivity index (χ4n) is 3.05. The molecule has 168 valence electrons. The number of likely N-dealkylation sites (N-methyl/N-ethyl adjacent to an activating group) is 1. The number of amides is 1. The summed E-state index contributed by atoms with van der Waals surface area (Å²) in [5.41, 5.74) is 0. The van der Waals surface area contributed by atoms with Crippen LogP contribution in [-0.2, 0) is 4.79 Å². The van der Waals surface area contributed by atoms with Gasteiger partial charge in [0.2, 0.25) is 0 Å². The predicted octanol–water partition coefficient (Wildman–Crippen LogP) is -0.244. The molecule has 0 aromatic carbocycles. The van der Waals surface area contributed by atoms with Crippen LogP contribution in [0.4, 0.5) is 0 Å². The van der Waals surface area contributed by atoms with E-state index in [1.54, 1.807) is 0 Å². The van der Waals surface area contributed by atoms with Crippen LogP contribution in [0.1, 0.15) is 58.3 Å². The monoisotopic (exact) mass is 407 g/mol. The molecule has 0 bridgehead atoms. The van der Waals surface area contributed by atoms with Crippen molar-refractivity contribution in [2.75, 3.05) is 40.3 Å². The molecule has 8 heteroatoms. The Labute approximate surface area is 169 Å². The Hall–Kier alpha value is -0.770. The summed E-state index contributed by atoms with van der Waals surface area (Å²) in [6, 6.07) is 0. The second-order valence-electron chi connectivity index (χ2n) is 8.32. The van der Waals surface area contributed by atoms with Crippen LogP contribution < -0.4 is 5.32 Å². The molecule has 4 atom stereocenters. The smallest absolute Gasteiger partial charge is 0.251 e. The third kappa shape index (κ3) is 11.9. The number of unbranched alkanes of at least 4 members (excludes halogenated alkanes) is 7. The van der Waals surface area contributed by atoms with Crippen LogP contribution in [0.2, 0.25) is 0 Å². The van der Waals surface area contributed by atoms with Crippen LogP contribution in [-0.4, -0.2) is 101 Å². The first-order valence-electron chi connectivity index (χ1n) is 10.6. The van der Waals surface area contributed by atoms with Gasteiger partial charge in [0.05, 0.1) is 40.3 Å². The highest BCUT2D eigenvalue weighted by molar-refractivity contribution is 5.81. The number of carbonyl (C=O) groups excluding carboxylic acids is 1. The van der Waals surface area contributed by atoms with Gasteiger partial charge in [0.25, 0.3) is 5.91 Å². The minimum absolute atomic E-state index is 0.325. The third-order valence-corrected chi connectivity index (χ3v) is 5.16. The molecule has 0 aliphatic rings. The van der Waals surface area contributed by atoms with Crippen molar-refractivity contribution < 1.29 is 34.8 Å². The summed E-state index contributed by atoms with van der Waals surface area (Å²) in [6.07, 6.45) is 2.93. The molecule has 0 fully saturated rings. The number of nitrogens with one attached hydrogen (secondary N) is 1. The summed E-state index contributed by atoms with van der Waals surface area (Å²) in [5, 5.41) is 49.6. The normalized spacial score (nSPS) is 16.4. The van der Waals surface area contributed by atoms with E-state index in [9.17, 15) is 25.2 Å². The molecule has 0 aromatic heterocycles. The van der Waals surface area contributed by atoms with Crippen LogP contribution in [0.3, 0.4) is 0 Å². The average Bonchev–Trinajstić information content (AvgIpc) is 2.67. The van der Waals surface area contributed by atoms with Crippen molar-refractivity contribution in [3.63, 3.8) is 0 Å². The van der Waals surface area contributed by atoms with Gasteiger partial charge in [-0.1, -0.05) is 45.4 Å². The van der Waals surface area contributed by atoms with Crippen molar-refractivity contribution in [3.05, 3.63) is 0 Å². The Balaban J connectivity index is 4.00. The lowest BCUT2D eigenvalue weighted by molar-refractivity contribution is -0.889. The van der Waals surface area contributed by atoms with Gasteiger partial charge in [0, 0.05) is 0 Å². The van der Waals surface area contributed by atoms with Gasteiger partial charge < -0.3 is 35.3 Å². The first-order valence-corrected chi connectivity index (χ1v) is 10.6. The van der Waals surface area contributed by atoms with Gasteiger partial charge in [-0.25, -0.2) is 0 Å². The molecule has 0 rings (SSSR count). The summed E-state index contributed by atoms with van der Waals surface area (Å²) in [4.78, 5) is 11.9. The fraction of sp³-hybridized carbons (Fsp3) is 0.950. The standard InChI is InChI=1S/C20H42N2O6/c1-4-5-6-7-8-9-10-11-13-22(2,3)14-12-21-20(28)19(27)18(26)17(25)16(24)15-23/h16-19,23-27H,4-15H2,1-3H3/p+1/t16-,17-,18+,19-/m1/s1. The summed E-state index contributed by atoms with van der Waals surface area (Å²) >= 11 is 0. The highest BCUT2D eigenvalue weighted by atomic mass is 16.4. The molecule has 0 aliphatic carbocycles. The van der Waals surface area contributed by atoms with Crippen molar-refractivity contribution in [1.29, 1.82) is 0 Å². The third-order valence-electron chi connectivity index (χ3n) is 5.16. The molecule has 8 nitrogen and oxygen atoms in total. The number of nitrogens with zero attached hydrogens (tertiary/aromatic N) is 1. The maximum atomic E-state index is 11.9. The zero-order valence-corrected chi connectivity index (χ0v) is 17.9. The van der Waals surface area contributed by atoms with Gasteiger partial charge in [0.15, 0.2) is 6.10 Å². The number of rotatable bonds is 17. The maximum Gasteiger partial charge on any atom is 0.251 e. The SMILES string of the molecule is CCCCCCCCCC[N+](C)(C)CCNC(=O)[C@H](O)[C@@H](O)[C@H](O)[C@H](O)CO. The Morgan fingerprint density at radius 1 is 0.857 bits per heavy atom. The molecule has 0 spiro atoms. The largest absolute Gasteiger partial charge is 0.394 e. The van der Waals surface area contributed by atoms with Gasteiger partial charge in [0.1, 0.15) is 18.3 Å². The van der Waals surface area contributed by atoms with Gasteiger partial charge in [-0.05, 0) is 12.8 Å². The number of hydrogen-bond donors (Lipinski definition) is 6. The number of aliphatic hydroxyl groups excluding tert-OH is 5. The molecular formula is C20H43N2O6+. The van der Waals surface area contributed by atoms with E-state index in [4.69, 9.17) is 5.11 Å². The molecule has 0 aliphatic heterocycles. The van der Waals surface area contributed by atoms with E-state index in [1.165, 1.54) is 44.9 Å². The number of hydrogen-bond acceptors (Lipinski definition) is 6. The number of aliphatic hydroxyl groups is 5. The maximum absolute atomic E-state index is 11.9. The van der Waals surface area contributed by atoms with Crippen molar-refractivity contribution in [2.24, 2.45) is 0 Å². The molecule has 0 aromatic rings. The minimum atomic E-state index is -1.88. The van der Waals surface area contributed by atoms with Crippen LogP contribution >= 0.6 is 0 Å². The second kappa shape index (κ2) is 15.1. The predicted molar refractivity (Wildman–Crippen MR) is 109 cm³/mol. The lowest BCUT2D eigenvalue weighted by atomic mass is 10.0. The van der Waals surface area contributed by atoms with E-state index in [-0.39, 0.29) is 0 Å². The Bertz CT molecular complexity index is 408. The molecule has 0 saturated heterocycles. The first-order chi connectivity index (χ1) is 13.2. The molecule has 0 unspecified atom stereocenters. The van der Waals surface area contributed by atoms with E-state index in [0.29, 0.717) is 13.1 Å². The lowest BCUT2D eigenvalue weighted by Gasteiger charge is -2.30. The lowest BCUT2D eigenvalue weighted by Crippen LogP contribution is -2.53. The Morgan fingerprint density at radius 3 is 1.93 bits per heavy atom. The van der Waals surface area contributed by atoms with Gasteiger partial charge in [-0.3, -0.25) is 4.79 Å². The van der Waals surface area contributed by atoms with E-state index in [2.05, 4.69) is 26.3 Å². The van der Waals surface area contributed by atoms with Crippen LogP contribution in [0.15, 0.2) is 0 Å². The molecule has 1 amide bonds. The Kier molecular flexibility index (Phi) is 14.7. The van der Waals surface area contributed by atoms with Crippen molar-refractivity contribution in [2.45, 2.75) is 82.7 Å². The van der Waals surface area contributed by atoms with Gasteiger partial charge in [-0.2, -0.15) is 0 Å². The summed E-state index contributed by atoms with van der Waals surface area (Å²) in [6.45, 7) is 3.43. The average molecular weight is 408 g/mol. The van der Waals surface area contributed by atoms with Crippen molar-refractivity contribution >= 4 is 5.91 Å². The summed E-state index contributed by atoms with van der Waals surface area (Å²) in [5.74, 6) is -0.816. The first kappa shape index (κ1) is 27.2. The molecule has 0 saturated carbocycles. The van der Waals surface area contributed by atoms with Crippen molar-refractivity contribution in [3.8, 4) is 0 Å². The quantitative estimate of drug-likeness (QED) is 0.146. The van der Waals surface area contributed by atoms with Gasteiger partial charge in [-0.15, -0.1) is 0 Å². The highest BCUT2D eigenvalue weighted by Gasteiger charge is 2.34. The molecule has 28 heavy (non-hydrogen) atoms. The summed E-state index contributed by atoms with van der Waals surface area (Å²) < 4.78 is 0.737.